The third-order valence-electron chi connectivity index (χ3n) is 2.10. The summed E-state index contributed by atoms with van der Waals surface area (Å²) >= 11 is 3.19. The monoisotopic (exact) mass is 331 g/mol. The average molecular weight is 332 g/mol. The second-order valence-electron chi connectivity index (χ2n) is 3.34. The van der Waals surface area contributed by atoms with E-state index in [1.165, 1.54) is 24.7 Å². The number of halogens is 1. The normalized spacial score (nSPS) is 11.2. The Labute approximate surface area is 112 Å². The highest BCUT2D eigenvalue weighted by Gasteiger charge is 2.20. The molecule has 96 valence electrons. The molecule has 0 saturated carbocycles. The van der Waals surface area contributed by atoms with Crippen LogP contribution in [0, 0.1) is 0 Å². The Morgan fingerprint density at radius 2 is 2.17 bits per heavy atom. The summed E-state index contributed by atoms with van der Waals surface area (Å²) in [7, 11) is -2.11. The molecule has 3 N–H and O–H groups in total. The van der Waals surface area contributed by atoms with Crippen LogP contribution in [0.5, 0.6) is 0 Å². The molecule has 0 unspecified atom stereocenters. The number of rotatable bonds is 4. The van der Waals surface area contributed by atoms with Gasteiger partial charge in [-0.15, -0.1) is 0 Å². The zero-order chi connectivity index (χ0) is 13.2. The van der Waals surface area contributed by atoms with Gasteiger partial charge in [0.2, 0.25) is 0 Å². The van der Waals surface area contributed by atoms with Crippen molar-refractivity contribution in [3.05, 3.63) is 29.1 Å². The predicted octanol–water partition coefficient (Wildman–Crippen LogP) is 1.41. The average Bonchev–Trinajstić information content (AvgIpc) is 2.81. The van der Waals surface area contributed by atoms with Gasteiger partial charge < -0.3 is 5.32 Å². The third-order valence-corrected chi connectivity index (χ3v) is 3.92. The van der Waals surface area contributed by atoms with Crippen LogP contribution in [0.3, 0.4) is 0 Å². The first kappa shape index (κ1) is 12.8. The van der Waals surface area contributed by atoms with Crippen molar-refractivity contribution < 1.29 is 8.42 Å². The minimum atomic E-state index is -3.71. The topological polar surface area (TPSA) is 99.8 Å². The molecular weight excluding hydrogens is 322 g/mol. The van der Waals surface area contributed by atoms with Crippen LogP contribution in [0.25, 0.3) is 0 Å². The summed E-state index contributed by atoms with van der Waals surface area (Å²) in [5.41, 5.74) is 0.358. The van der Waals surface area contributed by atoms with Crippen molar-refractivity contribution in [2.24, 2.45) is 0 Å². The molecule has 7 nitrogen and oxygen atoms in total. The van der Waals surface area contributed by atoms with Crippen LogP contribution in [-0.2, 0) is 10.0 Å². The highest BCUT2D eigenvalue weighted by atomic mass is 79.9. The fourth-order valence-corrected chi connectivity index (χ4v) is 3.04. The van der Waals surface area contributed by atoms with Crippen LogP contribution in [0.4, 0.5) is 11.5 Å². The van der Waals surface area contributed by atoms with Crippen LogP contribution in [-0.4, -0.2) is 30.6 Å². The Balaban J connectivity index is 2.43. The van der Waals surface area contributed by atoms with Gasteiger partial charge in [0.25, 0.3) is 10.0 Å². The number of sulfonamides is 1. The largest absolute Gasteiger partial charge is 0.372 e. The lowest BCUT2D eigenvalue weighted by Crippen LogP contribution is -2.15. The summed E-state index contributed by atoms with van der Waals surface area (Å²) in [6.45, 7) is 0. The number of H-pyrrole nitrogens is 1. The molecule has 0 aliphatic heterocycles. The Morgan fingerprint density at radius 1 is 1.39 bits per heavy atom. The Kier molecular flexibility index (Phi) is 3.53. The molecule has 0 fully saturated rings. The van der Waals surface area contributed by atoms with Crippen LogP contribution in [0.2, 0.25) is 0 Å². The van der Waals surface area contributed by atoms with Crippen molar-refractivity contribution in [1.82, 2.24) is 15.2 Å². The van der Waals surface area contributed by atoms with Crippen LogP contribution in [0.15, 0.2) is 34.0 Å². The number of nitrogens with one attached hydrogen (secondary N) is 3. The maximum atomic E-state index is 12.2. The molecule has 0 radical (unpaired) electrons. The maximum Gasteiger partial charge on any atom is 0.265 e. The van der Waals surface area contributed by atoms with Crippen LogP contribution < -0.4 is 10.0 Å². The first-order chi connectivity index (χ1) is 8.53. The molecule has 2 aromatic heterocycles. The second-order valence-corrected chi connectivity index (χ2v) is 5.91. The molecule has 2 aromatic rings. The SMILES string of the molecule is CNc1ncc(Br)cc1S(=O)(=O)Nc1cn[nH]c1. The van der Waals surface area contributed by atoms with Gasteiger partial charge in [0.05, 0.1) is 11.9 Å². The van der Waals surface area contributed by atoms with Crippen molar-refractivity contribution >= 4 is 37.5 Å². The van der Waals surface area contributed by atoms with Gasteiger partial charge >= 0.3 is 0 Å². The quantitative estimate of drug-likeness (QED) is 0.786. The lowest BCUT2D eigenvalue weighted by Gasteiger charge is -2.10. The summed E-state index contributed by atoms with van der Waals surface area (Å²) in [4.78, 5) is 4.05. The van der Waals surface area contributed by atoms with Gasteiger partial charge in [-0.25, -0.2) is 13.4 Å². The van der Waals surface area contributed by atoms with Gasteiger partial charge in [0.1, 0.15) is 10.7 Å². The number of anilines is 2. The van der Waals surface area contributed by atoms with E-state index in [0.717, 1.165) is 0 Å². The number of hydrogen-bond donors (Lipinski definition) is 3. The zero-order valence-electron chi connectivity index (χ0n) is 9.31. The van der Waals surface area contributed by atoms with E-state index < -0.39 is 10.0 Å². The van der Waals surface area contributed by atoms with Crippen LogP contribution in [0.1, 0.15) is 0 Å². The van der Waals surface area contributed by atoms with Gasteiger partial charge in [-0.2, -0.15) is 5.10 Å². The van der Waals surface area contributed by atoms with E-state index in [2.05, 4.69) is 41.2 Å². The molecule has 0 atom stereocenters. The minimum absolute atomic E-state index is 0.0561. The summed E-state index contributed by atoms with van der Waals surface area (Å²) in [6, 6.07) is 1.47. The van der Waals surface area contributed by atoms with Gasteiger partial charge in [-0.1, -0.05) is 0 Å². The van der Waals surface area contributed by atoms with Crippen molar-refractivity contribution in [3.63, 3.8) is 0 Å². The number of aromatic nitrogens is 3. The first-order valence-electron chi connectivity index (χ1n) is 4.88. The Hall–Kier alpha value is -1.61. The first-order valence-corrected chi connectivity index (χ1v) is 7.15. The molecule has 0 aliphatic carbocycles. The zero-order valence-corrected chi connectivity index (χ0v) is 11.7. The van der Waals surface area contributed by atoms with E-state index in [1.807, 2.05) is 0 Å². The molecule has 2 heterocycles. The molecule has 0 spiro atoms. The van der Waals surface area contributed by atoms with E-state index in [-0.39, 0.29) is 10.7 Å². The van der Waals surface area contributed by atoms with E-state index in [4.69, 9.17) is 0 Å². The molecule has 0 bridgehead atoms. The van der Waals surface area contributed by atoms with Crippen molar-refractivity contribution in [1.29, 1.82) is 0 Å². The lowest BCUT2D eigenvalue weighted by molar-refractivity contribution is 0.601. The number of aromatic amines is 1. The summed E-state index contributed by atoms with van der Waals surface area (Å²) in [5.74, 6) is 0.272. The molecule has 0 aromatic carbocycles. The smallest absolute Gasteiger partial charge is 0.265 e. The maximum absolute atomic E-state index is 12.2. The highest BCUT2D eigenvalue weighted by molar-refractivity contribution is 9.10. The molecular formula is C9H10BrN5O2S. The summed E-state index contributed by atoms with van der Waals surface area (Å²) in [6.07, 6.45) is 4.34. The van der Waals surface area contributed by atoms with Gasteiger partial charge in [0, 0.05) is 23.9 Å². The predicted molar refractivity (Wildman–Crippen MR) is 70.9 cm³/mol. The third kappa shape index (κ3) is 2.62. The molecule has 2 rings (SSSR count). The molecule has 0 aliphatic rings. The molecule has 0 amide bonds. The van der Waals surface area contributed by atoms with E-state index in [1.54, 1.807) is 7.05 Å². The van der Waals surface area contributed by atoms with Gasteiger partial charge in [0.15, 0.2) is 0 Å². The van der Waals surface area contributed by atoms with Crippen LogP contribution >= 0.6 is 15.9 Å². The number of pyridine rings is 1. The van der Waals surface area contributed by atoms with E-state index >= 15 is 0 Å². The Bertz CT molecular complexity index is 641. The minimum Gasteiger partial charge on any atom is -0.372 e. The van der Waals surface area contributed by atoms with Crippen molar-refractivity contribution in [3.8, 4) is 0 Å². The molecule has 18 heavy (non-hydrogen) atoms. The lowest BCUT2D eigenvalue weighted by atomic mass is 10.4. The van der Waals surface area contributed by atoms with Gasteiger partial charge in [-0.05, 0) is 22.0 Å². The fourth-order valence-electron chi connectivity index (χ4n) is 1.33. The van der Waals surface area contributed by atoms with Crippen molar-refractivity contribution in [2.75, 3.05) is 17.1 Å². The molecule has 0 saturated heterocycles. The number of hydrogen-bond acceptors (Lipinski definition) is 5. The summed E-state index contributed by atoms with van der Waals surface area (Å²) < 4.78 is 27.3. The van der Waals surface area contributed by atoms with Crippen molar-refractivity contribution in [2.45, 2.75) is 4.90 Å². The number of nitrogens with zero attached hydrogens (tertiary/aromatic N) is 2. The van der Waals surface area contributed by atoms with E-state index in [0.29, 0.717) is 10.2 Å². The second kappa shape index (κ2) is 4.94. The molecule has 9 heteroatoms. The van der Waals surface area contributed by atoms with E-state index in [9.17, 15) is 8.42 Å². The van der Waals surface area contributed by atoms with Gasteiger partial charge in [-0.3, -0.25) is 9.82 Å². The fraction of sp³-hybridized carbons (Fsp3) is 0.111. The standard InChI is InChI=1S/C9H10BrN5O2S/c1-11-9-8(2-6(10)3-12-9)18(16,17)15-7-4-13-14-5-7/h2-5,15H,1H3,(H,11,12)(H,13,14). The highest BCUT2D eigenvalue weighted by Crippen LogP contribution is 2.24. The Morgan fingerprint density at radius 3 is 2.78 bits per heavy atom. The summed E-state index contributed by atoms with van der Waals surface area (Å²) in [5, 5.41) is 8.93.